The summed E-state index contributed by atoms with van der Waals surface area (Å²) in [6.07, 6.45) is 0. The summed E-state index contributed by atoms with van der Waals surface area (Å²) in [5.41, 5.74) is 0.729. The van der Waals surface area contributed by atoms with Gasteiger partial charge < -0.3 is 4.57 Å². The second-order valence-corrected chi connectivity index (χ2v) is 9.62. The molecule has 9 heteroatoms. The van der Waals surface area contributed by atoms with Crippen LogP contribution >= 0.6 is 34.7 Å². The first-order chi connectivity index (χ1) is 11.9. The zero-order valence-corrected chi connectivity index (χ0v) is 16.4. The minimum atomic E-state index is -3.61. The molecule has 5 nitrogen and oxygen atoms in total. The first kappa shape index (κ1) is 18.5. The van der Waals surface area contributed by atoms with Crippen molar-refractivity contribution in [3.8, 4) is 0 Å². The van der Waals surface area contributed by atoms with E-state index in [4.69, 9.17) is 11.6 Å². The molecule has 0 aliphatic rings. The molecule has 0 bridgehead atoms. The summed E-state index contributed by atoms with van der Waals surface area (Å²) in [6, 6.07) is 12.1. The minimum absolute atomic E-state index is 0.114. The van der Waals surface area contributed by atoms with Crippen LogP contribution in [0.5, 0.6) is 0 Å². The van der Waals surface area contributed by atoms with Crippen LogP contribution in [0.2, 0.25) is 5.02 Å². The van der Waals surface area contributed by atoms with Gasteiger partial charge in [0, 0.05) is 29.3 Å². The molecular weight excluding hydrogens is 400 g/mol. The second kappa shape index (κ2) is 7.51. The number of aromatic nitrogens is 1. The van der Waals surface area contributed by atoms with Crippen molar-refractivity contribution in [1.82, 2.24) is 9.29 Å². The fourth-order valence-corrected chi connectivity index (χ4v) is 5.32. The summed E-state index contributed by atoms with van der Waals surface area (Å²) < 4.78 is 29.6. The molecule has 1 heterocycles. The molecule has 0 aliphatic heterocycles. The van der Waals surface area contributed by atoms with Gasteiger partial charge in [0.25, 0.3) is 0 Å². The van der Waals surface area contributed by atoms with Gasteiger partial charge in [0.15, 0.2) is 0 Å². The number of sulfonamides is 1. The van der Waals surface area contributed by atoms with Gasteiger partial charge in [0.05, 0.1) is 15.1 Å². The lowest BCUT2D eigenvalue weighted by molar-refractivity contribution is 0.584. The average molecular weight is 415 g/mol. The second-order valence-electron chi connectivity index (χ2n) is 5.26. The van der Waals surface area contributed by atoms with Crippen molar-refractivity contribution in [2.45, 2.75) is 9.79 Å². The van der Waals surface area contributed by atoms with Crippen LogP contribution in [0, 0.1) is 0 Å². The van der Waals surface area contributed by atoms with Crippen LogP contribution in [0.15, 0.2) is 57.1 Å². The molecule has 0 amide bonds. The van der Waals surface area contributed by atoms with Gasteiger partial charge in [-0.25, -0.2) is 13.1 Å². The molecule has 132 valence electrons. The fourth-order valence-electron chi connectivity index (χ4n) is 2.24. The molecule has 1 N–H and O–H groups in total. The maximum atomic E-state index is 12.4. The molecule has 0 aliphatic carbocycles. The third kappa shape index (κ3) is 4.27. The van der Waals surface area contributed by atoms with Crippen molar-refractivity contribution in [3.05, 3.63) is 57.2 Å². The van der Waals surface area contributed by atoms with E-state index in [9.17, 15) is 13.2 Å². The topological polar surface area (TPSA) is 68.2 Å². The lowest BCUT2D eigenvalue weighted by Crippen LogP contribution is -2.26. The van der Waals surface area contributed by atoms with Crippen molar-refractivity contribution >= 4 is 54.9 Å². The number of fused-ring (bicyclic) bond motifs is 1. The standard InChI is InChI=1S/C16H15ClN2O3S3/c1-19-14-7-6-13(10-15(14)24-16(19)20)25(21,22)18-8-9-23-12-4-2-11(17)3-5-12/h2-7,10,18H,8-9H2,1H3. The highest BCUT2D eigenvalue weighted by molar-refractivity contribution is 7.99. The number of thioether (sulfide) groups is 1. The van der Waals surface area contributed by atoms with Crippen molar-refractivity contribution in [2.24, 2.45) is 7.05 Å². The van der Waals surface area contributed by atoms with Gasteiger partial charge >= 0.3 is 4.87 Å². The lowest BCUT2D eigenvalue weighted by Gasteiger charge is -2.07. The van der Waals surface area contributed by atoms with Gasteiger partial charge in [0.1, 0.15) is 0 Å². The minimum Gasteiger partial charge on any atom is -0.302 e. The third-order valence-corrected chi connectivity index (χ3v) is 7.27. The zero-order valence-electron chi connectivity index (χ0n) is 13.2. The summed E-state index contributed by atoms with van der Waals surface area (Å²) in [7, 11) is -1.94. The van der Waals surface area contributed by atoms with E-state index in [1.807, 2.05) is 12.1 Å². The summed E-state index contributed by atoms with van der Waals surface area (Å²) >= 11 is 8.41. The highest BCUT2D eigenvalue weighted by Crippen LogP contribution is 2.22. The Hall–Kier alpha value is -1.32. The van der Waals surface area contributed by atoms with Gasteiger partial charge in [-0.05, 0) is 42.5 Å². The maximum Gasteiger partial charge on any atom is 0.307 e. The molecule has 3 rings (SSSR count). The van der Waals surface area contributed by atoms with Gasteiger partial charge in [-0.3, -0.25) is 4.79 Å². The van der Waals surface area contributed by atoms with Crippen LogP contribution < -0.4 is 9.60 Å². The highest BCUT2D eigenvalue weighted by atomic mass is 35.5. The van der Waals surface area contributed by atoms with Crippen LogP contribution in [0.3, 0.4) is 0 Å². The number of nitrogens with one attached hydrogen (secondary N) is 1. The predicted molar refractivity (Wildman–Crippen MR) is 104 cm³/mol. The van der Waals surface area contributed by atoms with E-state index in [2.05, 4.69) is 4.72 Å². The molecule has 0 spiro atoms. The summed E-state index contributed by atoms with van der Waals surface area (Å²) in [4.78, 5) is 12.7. The molecule has 0 fully saturated rings. The Morgan fingerprint density at radius 2 is 1.92 bits per heavy atom. The molecule has 0 unspecified atom stereocenters. The Morgan fingerprint density at radius 3 is 2.64 bits per heavy atom. The van der Waals surface area contributed by atoms with Gasteiger partial charge in [-0.15, -0.1) is 11.8 Å². The molecular formula is C16H15ClN2O3S3. The number of nitrogens with zero attached hydrogens (tertiary/aromatic N) is 1. The number of hydrogen-bond acceptors (Lipinski definition) is 5. The van der Waals surface area contributed by atoms with E-state index in [1.54, 1.807) is 37.0 Å². The quantitative estimate of drug-likeness (QED) is 0.496. The molecule has 2 aromatic carbocycles. The first-order valence-electron chi connectivity index (χ1n) is 7.34. The number of rotatable bonds is 6. The van der Waals surface area contributed by atoms with Crippen LogP contribution in [0.1, 0.15) is 0 Å². The maximum absolute atomic E-state index is 12.4. The predicted octanol–water partition coefficient (Wildman–Crippen LogP) is 3.32. The van der Waals surface area contributed by atoms with Gasteiger partial charge in [-0.1, -0.05) is 22.9 Å². The summed E-state index contributed by atoms with van der Waals surface area (Å²) in [5.74, 6) is 0.599. The van der Waals surface area contributed by atoms with Crippen molar-refractivity contribution in [2.75, 3.05) is 12.3 Å². The fraction of sp³-hybridized carbons (Fsp3) is 0.188. The molecule has 3 aromatic rings. The first-order valence-corrected chi connectivity index (χ1v) is 11.0. The summed E-state index contributed by atoms with van der Waals surface area (Å²) in [5, 5.41) is 0.670. The van der Waals surface area contributed by atoms with Crippen LogP contribution in [0.4, 0.5) is 0 Å². The van der Waals surface area contributed by atoms with Crippen LogP contribution in [-0.2, 0) is 17.1 Å². The summed E-state index contributed by atoms with van der Waals surface area (Å²) in [6.45, 7) is 0.304. The average Bonchev–Trinajstić information content (AvgIpc) is 2.87. The Balaban J connectivity index is 1.65. The highest BCUT2D eigenvalue weighted by Gasteiger charge is 2.15. The molecule has 0 saturated heterocycles. The van der Waals surface area contributed by atoms with E-state index in [0.717, 1.165) is 21.7 Å². The molecule has 0 atom stereocenters. The van der Waals surface area contributed by atoms with E-state index in [1.165, 1.54) is 16.7 Å². The Bertz CT molecular complexity index is 1060. The van der Waals surface area contributed by atoms with E-state index < -0.39 is 10.0 Å². The SMILES string of the molecule is Cn1c(=O)sc2cc(S(=O)(=O)NCCSc3ccc(Cl)cc3)ccc21. The largest absolute Gasteiger partial charge is 0.307 e. The number of benzene rings is 2. The molecule has 25 heavy (non-hydrogen) atoms. The number of aryl methyl sites for hydroxylation is 1. The Kier molecular flexibility index (Phi) is 5.55. The van der Waals surface area contributed by atoms with E-state index in [0.29, 0.717) is 22.0 Å². The number of hydrogen-bond donors (Lipinski definition) is 1. The molecule has 1 aromatic heterocycles. The smallest absolute Gasteiger partial charge is 0.302 e. The van der Waals surface area contributed by atoms with Gasteiger partial charge in [0.2, 0.25) is 10.0 Å². The van der Waals surface area contributed by atoms with Gasteiger partial charge in [-0.2, -0.15) is 0 Å². The van der Waals surface area contributed by atoms with Crippen LogP contribution in [-0.4, -0.2) is 25.3 Å². The Morgan fingerprint density at radius 1 is 1.20 bits per heavy atom. The normalized spacial score (nSPS) is 11.9. The van der Waals surface area contributed by atoms with Crippen LogP contribution in [0.25, 0.3) is 10.2 Å². The third-order valence-electron chi connectivity index (χ3n) is 3.55. The molecule has 0 radical (unpaired) electrons. The Labute approximate surface area is 158 Å². The van der Waals surface area contributed by atoms with Crippen molar-refractivity contribution in [1.29, 1.82) is 0 Å². The lowest BCUT2D eigenvalue weighted by atomic mass is 10.3. The number of thiazole rings is 1. The van der Waals surface area contributed by atoms with E-state index in [-0.39, 0.29) is 9.77 Å². The molecule has 0 saturated carbocycles. The van der Waals surface area contributed by atoms with E-state index >= 15 is 0 Å². The van der Waals surface area contributed by atoms with Crippen molar-refractivity contribution < 1.29 is 8.42 Å². The number of halogens is 1. The van der Waals surface area contributed by atoms with Crippen molar-refractivity contribution in [3.63, 3.8) is 0 Å². The zero-order chi connectivity index (χ0) is 18.0. The monoisotopic (exact) mass is 414 g/mol.